The standard InChI is InChI=1S/C26H24N2O3/c1-17(26-23(29)14-19(15-24(26)30)18-8-3-2-4-9-18)28-22-12-5-6-13-25(22)31-21-11-7-10-20(27)16-21/h2-13,16,19,29H,14-15,27H2,1H3. The molecular weight excluding hydrogens is 388 g/mol. The monoisotopic (exact) mass is 412 g/mol. The van der Waals surface area contributed by atoms with Gasteiger partial charge in [0, 0.05) is 24.6 Å². The van der Waals surface area contributed by atoms with Gasteiger partial charge >= 0.3 is 0 Å². The fourth-order valence-electron chi connectivity index (χ4n) is 3.84. The maximum atomic E-state index is 12.9. The van der Waals surface area contributed by atoms with Crippen molar-refractivity contribution in [2.45, 2.75) is 25.7 Å². The highest BCUT2D eigenvalue weighted by Crippen LogP contribution is 2.36. The molecule has 0 radical (unpaired) electrons. The Bertz CT molecular complexity index is 1170. The van der Waals surface area contributed by atoms with Gasteiger partial charge in [0.1, 0.15) is 17.2 Å². The van der Waals surface area contributed by atoms with Gasteiger partial charge in [0.2, 0.25) is 0 Å². The maximum absolute atomic E-state index is 12.9. The van der Waals surface area contributed by atoms with E-state index in [0.717, 1.165) is 5.56 Å². The number of allylic oxidation sites excluding steroid dienone is 2. The van der Waals surface area contributed by atoms with Gasteiger partial charge in [-0.05, 0) is 42.7 Å². The first-order valence-electron chi connectivity index (χ1n) is 10.2. The molecule has 1 unspecified atom stereocenters. The summed E-state index contributed by atoms with van der Waals surface area (Å²) < 4.78 is 5.96. The molecule has 0 heterocycles. The van der Waals surface area contributed by atoms with E-state index in [2.05, 4.69) is 4.99 Å². The van der Waals surface area contributed by atoms with Crippen molar-refractivity contribution in [2.24, 2.45) is 4.99 Å². The lowest BCUT2D eigenvalue weighted by Gasteiger charge is -2.23. The molecule has 31 heavy (non-hydrogen) atoms. The van der Waals surface area contributed by atoms with Crippen molar-refractivity contribution in [1.29, 1.82) is 0 Å². The molecule has 0 aromatic heterocycles. The molecule has 1 aliphatic rings. The van der Waals surface area contributed by atoms with Gasteiger partial charge in [0.05, 0.1) is 11.3 Å². The number of aliphatic hydroxyl groups is 1. The van der Waals surface area contributed by atoms with Crippen molar-refractivity contribution in [3.05, 3.63) is 95.8 Å². The van der Waals surface area contributed by atoms with Crippen LogP contribution in [0.5, 0.6) is 11.5 Å². The summed E-state index contributed by atoms with van der Waals surface area (Å²) in [7, 11) is 0. The number of benzene rings is 3. The lowest BCUT2D eigenvalue weighted by Crippen LogP contribution is -2.22. The zero-order valence-electron chi connectivity index (χ0n) is 17.3. The third kappa shape index (κ3) is 4.67. The molecule has 1 atom stereocenters. The van der Waals surface area contributed by atoms with E-state index in [1.54, 1.807) is 25.1 Å². The van der Waals surface area contributed by atoms with Crippen LogP contribution >= 0.6 is 0 Å². The highest BCUT2D eigenvalue weighted by atomic mass is 16.5. The second kappa shape index (κ2) is 8.88. The quantitative estimate of drug-likeness (QED) is 0.391. The van der Waals surface area contributed by atoms with Crippen molar-refractivity contribution in [3.8, 4) is 11.5 Å². The summed E-state index contributed by atoms with van der Waals surface area (Å²) in [6.07, 6.45) is 0.761. The number of rotatable bonds is 5. The molecular formula is C26H24N2O3. The Balaban J connectivity index is 1.62. The van der Waals surface area contributed by atoms with Crippen LogP contribution in [0.3, 0.4) is 0 Å². The van der Waals surface area contributed by atoms with Gasteiger partial charge in [-0.25, -0.2) is 4.99 Å². The molecule has 0 spiro atoms. The zero-order chi connectivity index (χ0) is 21.8. The van der Waals surface area contributed by atoms with Crippen LogP contribution in [0.15, 0.2) is 95.2 Å². The number of anilines is 1. The van der Waals surface area contributed by atoms with E-state index in [0.29, 0.717) is 47.0 Å². The molecule has 0 saturated carbocycles. The van der Waals surface area contributed by atoms with Crippen LogP contribution in [-0.2, 0) is 4.79 Å². The van der Waals surface area contributed by atoms with Gasteiger partial charge in [0.15, 0.2) is 11.5 Å². The number of nitrogen functional groups attached to an aromatic ring is 1. The lowest BCUT2D eigenvalue weighted by atomic mass is 9.81. The predicted octanol–water partition coefficient (Wildman–Crippen LogP) is 6.11. The third-order valence-corrected chi connectivity index (χ3v) is 5.31. The van der Waals surface area contributed by atoms with Crippen LogP contribution in [0.1, 0.15) is 31.2 Å². The molecule has 0 fully saturated rings. The summed E-state index contributed by atoms with van der Waals surface area (Å²) in [5, 5.41) is 10.7. The Morgan fingerprint density at radius 2 is 1.74 bits per heavy atom. The van der Waals surface area contributed by atoms with Crippen LogP contribution in [-0.4, -0.2) is 16.6 Å². The Kier molecular flexibility index (Phi) is 5.85. The van der Waals surface area contributed by atoms with E-state index in [1.807, 2.05) is 60.7 Å². The fraction of sp³-hybridized carbons (Fsp3) is 0.154. The first-order chi connectivity index (χ1) is 15.0. The van der Waals surface area contributed by atoms with Crippen molar-refractivity contribution in [3.63, 3.8) is 0 Å². The van der Waals surface area contributed by atoms with Gasteiger partial charge < -0.3 is 15.6 Å². The van der Waals surface area contributed by atoms with Crippen LogP contribution in [0.4, 0.5) is 11.4 Å². The van der Waals surface area contributed by atoms with Crippen molar-refractivity contribution in [1.82, 2.24) is 0 Å². The molecule has 0 amide bonds. The smallest absolute Gasteiger partial charge is 0.168 e. The Labute approximate surface area is 181 Å². The number of hydrogen-bond donors (Lipinski definition) is 2. The highest BCUT2D eigenvalue weighted by molar-refractivity contribution is 6.23. The Hall–Kier alpha value is -3.86. The molecule has 1 aliphatic carbocycles. The van der Waals surface area contributed by atoms with Crippen molar-refractivity contribution in [2.75, 3.05) is 5.73 Å². The molecule has 0 bridgehead atoms. The van der Waals surface area contributed by atoms with E-state index in [1.165, 1.54) is 0 Å². The summed E-state index contributed by atoms with van der Waals surface area (Å²) in [5.41, 5.74) is 8.83. The summed E-state index contributed by atoms with van der Waals surface area (Å²) in [6.45, 7) is 1.74. The SMILES string of the molecule is CC(=Nc1ccccc1Oc1cccc(N)c1)C1=C(O)CC(c2ccccc2)CC1=O. The number of aliphatic imine (C=N–C) groups is 1. The molecule has 156 valence electrons. The minimum absolute atomic E-state index is 0.0237. The number of para-hydroxylation sites is 2. The number of hydrogen-bond acceptors (Lipinski definition) is 5. The van der Waals surface area contributed by atoms with Gasteiger partial charge in [-0.15, -0.1) is 0 Å². The zero-order valence-corrected chi connectivity index (χ0v) is 17.3. The van der Waals surface area contributed by atoms with Gasteiger partial charge in [-0.1, -0.05) is 48.5 Å². The molecule has 3 aromatic carbocycles. The number of nitrogens with two attached hydrogens (primary N) is 1. The van der Waals surface area contributed by atoms with E-state index < -0.39 is 0 Å². The van der Waals surface area contributed by atoms with Gasteiger partial charge in [-0.2, -0.15) is 0 Å². The first kappa shape index (κ1) is 20.4. The van der Waals surface area contributed by atoms with Crippen LogP contribution in [0, 0.1) is 0 Å². The lowest BCUT2D eigenvalue weighted by molar-refractivity contribution is -0.116. The molecule has 0 saturated heterocycles. The van der Waals surface area contributed by atoms with E-state index >= 15 is 0 Å². The third-order valence-electron chi connectivity index (χ3n) is 5.31. The number of ketones is 1. The molecule has 3 N–H and O–H groups in total. The number of aliphatic hydroxyl groups excluding tert-OH is 1. The number of carbonyl (C=O) groups is 1. The normalized spacial score (nSPS) is 17.0. The number of carbonyl (C=O) groups excluding carboxylic acids is 1. The van der Waals surface area contributed by atoms with Crippen molar-refractivity contribution < 1.29 is 14.6 Å². The van der Waals surface area contributed by atoms with E-state index in [9.17, 15) is 9.90 Å². The summed E-state index contributed by atoms with van der Waals surface area (Å²) >= 11 is 0. The second-order valence-corrected chi connectivity index (χ2v) is 7.60. The summed E-state index contributed by atoms with van der Waals surface area (Å²) in [4.78, 5) is 17.5. The molecule has 4 rings (SSSR count). The minimum Gasteiger partial charge on any atom is -0.511 e. The maximum Gasteiger partial charge on any atom is 0.168 e. The molecule has 5 heteroatoms. The van der Waals surface area contributed by atoms with E-state index in [-0.39, 0.29) is 17.5 Å². The number of ether oxygens (including phenoxy) is 1. The van der Waals surface area contributed by atoms with E-state index in [4.69, 9.17) is 10.5 Å². The highest BCUT2D eigenvalue weighted by Gasteiger charge is 2.30. The van der Waals surface area contributed by atoms with Crippen LogP contribution in [0.25, 0.3) is 0 Å². The number of Topliss-reactive ketones (excluding diaryl/α,β-unsaturated/α-hetero) is 1. The van der Waals surface area contributed by atoms with Gasteiger partial charge in [-0.3, -0.25) is 4.79 Å². The summed E-state index contributed by atoms with van der Waals surface area (Å²) in [6, 6.07) is 24.3. The Morgan fingerprint density at radius 1 is 1.00 bits per heavy atom. The number of nitrogens with zero attached hydrogens (tertiary/aromatic N) is 1. The summed E-state index contributed by atoms with van der Waals surface area (Å²) in [5.74, 6) is 1.10. The minimum atomic E-state index is -0.104. The molecule has 5 nitrogen and oxygen atoms in total. The molecule has 3 aromatic rings. The van der Waals surface area contributed by atoms with Crippen LogP contribution in [0.2, 0.25) is 0 Å². The topological polar surface area (TPSA) is 84.9 Å². The largest absolute Gasteiger partial charge is 0.511 e. The van der Waals surface area contributed by atoms with Crippen molar-refractivity contribution >= 4 is 22.9 Å². The van der Waals surface area contributed by atoms with Gasteiger partial charge in [0.25, 0.3) is 0 Å². The first-order valence-corrected chi connectivity index (χ1v) is 10.2. The van der Waals surface area contributed by atoms with Crippen LogP contribution < -0.4 is 10.5 Å². The average Bonchev–Trinajstić information content (AvgIpc) is 2.75. The Morgan fingerprint density at radius 3 is 2.48 bits per heavy atom. The predicted molar refractivity (Wildman–Crippen MR) is 123 cm³/mol. The second-order valence-electron chi connectivity index (χ2n) is 7.60. The average molecular weight is 412 g/mol. The fourth-order valence-corrected chi connectivity index (χ4v) is 3.84. The molecule has 0 aliphatic heterocycles.